The summed E-state index contributed by atoms with van der Waals surface area (Å²) in [6.45, 7) is 5.38. The van der Waals surface area contributed by atoms with Crippen molar-refractivity contribution in [1.82, 2.24) is 19.9 Å². The van der Waals surface area contributed by atoms with E-state index in [4.69, 9.17) is 0 Å². The molecule has 3 rings (SSSR count). The summed E-state index contributed by atoms with van der Waals surface area (Å²) in [4.78, 5) is 30.0. The fraction of sp³-hybridized carbons (Fsp3) is 0.400. The second kappa shape index (κ2) is 5.67. The summed E-state index contributed by atoms with van der Waals surface area (Å²) in [5, 5.41) is 2.50. The highest BCUT2D eigenvalue weighted by Gasteiger charge is 2.33. The fourth-order valence-electron chi connectivity index (χ4n) is 2.69. The van der Waals surface area contributed by atoms with E-state index in [0.717, 1.165) is 30.9 Å². The van der Waals surface area contributed by atoms with Crippen LogP contribution in [0.4, 0.5) is 11.8 Å². The summed E-state index contributed by atoms with van der Waals surface area (Å²) in [6.07, 6.45) is 7.90. The second-order valence-corrected chi connectivity index (χ2v) is 5.87. The molecule has 2 aromatic heterocycles. The molecule has 3 heterocycles. The van der Waals surface area contributed by atoms with Crippen molar-refractivity contribution in [2.45, 2.75) is 32.2 Å². The number of rotatable bonds is 4. The summed E-state index contributed by atoms with van der Waals surface area (Å²) < 4.78 is 0. The van der Waals surface area contributed by atoms with Crippen molar-refractivity contribution in [1.29, 1.82) is 0 Å². The van der Waals surface area contributed by atoms with Gasteiger partial charge in [-0.3, -0.25) is 4.79 Å². The normalized spacial score (nSPS) is 16.5. The van der Waals surface area contributed by atoms with E-state index in [0.29, 0.717) is 18.1 Å². The molecule has 0 radical (unpaired) electrons. The third-order valence-corrected chi connectivity index (χ3v) is 3.90. The highest BCUT2D eigenvalue weighted by Crippen LogP contribution is 2.31. The summed E-state index contributed by atoms with van der Waals surface area (Å²) in [7, 11) is 0. The monoisotopic (exact) mass is 298 g/mol. The maximum Gasteiger partial charge on any atom is 0.225 e. The Morgan fingerprint density at radius 1 is 1.27 bits per heavy atom. The van der Waals surface area contributed by atoms with Crippen molar-refractivity contribution >= 4 is 18.2 Å². The maximum atomic E-state index is 10.5. The van der Waals surface area contributed by atoms with E-state index in [1.165, 1.54) is 0 Å². The van der Waals surface area contributed by atoms with Crippen LogP contribution in [0.1, 0.15) is 26.7 Å². The Balaban J connectivity index is 1.85. The predicted octanol–water partition coefficient (Wildman–Crippen LogP) is 1.88. The van der Waals surface area contributed by atoms with Gasteiger partial charge in [0, 0.05) is 30.7 Å². The lowest BCUT2D eigenvalue weighted by molar-refractivity contribution is -0.105. The molecular formula is C15H18N6O. The van der Waals surface area contributed by atoms with Crippen LogP contribution in [0.25, 0.3) is 11.4 Å². The largest absolute Gasteiger partial charge is 0.336 e. The molecule has 0 unspecified atom stereocenters. The highest BCUT2D eigenvalue weighted by atomic mass is 16.1. The van der Waals surface area contributed by atoms with E-state index in [1.54, 1.807) is 24.7 Å². The molecule has 1 aliphatic heterocycles. The molecule has 0 spiro atoms. The van der Waals surface area contributed by atoms with Crippen molar-refractivity contribution in [3.8, 4) is 11.4 Å². The Morgan fingerprint density at radius 3 is 2.68 bits per heavy atom. The third kappa shape index (κ3) is 2.74. The summed E-state index contributed by atoms with van der Waals surface area (Å²) in [5.41, 5.74) is 0.807. The van der Waals surface area contributed by atoms with Gasteiger partial charge in [-0.05, 0) is 32.8 Å². The summed E-state index contributed by atoms with van der Waals surface area (Å²) in [5.74, 6) is 1.66. The van der Waals surface area contributed by atoms with Crippen LogP contribution in [-0.4, -0.2) is 38.4 Å². The Hall–Kier alpha value is -2.57. The van der Waals surface area contributed by atoms with Crippen LogP contribution in [0.5, 0.6) is 0 Å². The number of hydrogen-bond donors (Lipinski definition) is 1. The molecule has 2 aromatic rings. The number of amides is 1. The molecule has 7 heteroatoms. The van der Waals surface area contributed by atoms with Gasteiger partial charge < -0.3 is 10.2 Å². The van der Waals surface area contributed by atoms with E-state index >= 15 is 0 Å². The van der Waals surface area contributed by atoms with E-state index in [9.17, 15) is 4.79 Å². The first-order valence-corrected chi connectivity index (χ1v) is 7.23. The van der Waals surface area contributed by atoms with Gasteiger partial charge in [0.25, 0.3) is 0 Å². The van der Waals surface area contributed by atoms with Crippen LogP contribution >= 0.6 is 0 Å². The summed E-state index contributed by atoms with van der Waals surface area (Å²) >= 11 is 0. The molecule has 114 valence electrons. The minimum Gasteiger partial charge on any atom is -0.336 e. The zero-order chi connectivity index (χ0) is 15.6. The number of anilines is 2. The first-order chi connectivity index (χ1) is 10.6. The van der Waals surface area contributed by atoms with Gasteiger partial charge in [-0.15, -0.1) is 0 Å². The lowest BCUT2D eigenvalue weighted by Crippen LogP contribution is -2.39. The smallest absolute Gasteiger partial charge is 0.225 e. The van der Waals surface area contributed by atoms with Crippen LogP contribution in [0, 0.1) is 0 Å². The molecule has 0 aliphatic carbocycles. The lowest BCUT2D eigenvalue weighted by atomic mass is 10.0. The Morgan fingerprint density at radius 2 is 2.05 bits per heavy atom. The minimum atomic E-state index is 0.0891. The van der Waals surface area contributed by atoms with Crippen molar-refractivity contribution < 1.29 is 4.79 Å². The maximum absolute atomic E-state index is 10.5. The quantitative estimate of drug-likeness (QED) is 0.868. The number of hydrogen-bond acceptors (Lipinski definition) is 6. The molecule has 0 saturated carbocycles. The van der Waals surface area contributed by atoms with Gasteiger partial charge in [0.15, 0.2) is 5.82 Å². The van der Waals surface area contributed by atoms with Gasteiger partial charge in [0.2, 0.25) is 12.4 Å². The molecule has 1 amide bonds. The van der Waals surface area contributed by atoms with Crippen molar-refractivity contribution in [3.63, 3.8) is 0 Å². The Kier molecular flexibility index (Phi) is 3.70. The molecule has 0 bridgehead atoms. The topological polar surface area (TPSA) is 83.9 Å². The first-order valence-electron chi connectivity index (χ1n) is 7.23. The molecule has 7 nitrogen and oxygen atoms in total. The van der Waals surface area contributed by atoms with Crippen LogP contribution in [-0.2, 0) is 4.79 Å². The number of nitrogens with one attached hydrogen (secondary N) is 1. The molecule has 22 heavy (non-hydrogen) atoms. The number of carbonyl (C=O) groups excluding carboxylic acids is 1. The fourth-order valence-corrected chi connectivity index (χ4v) is 2.69. The minimum absolute atomic E-state index is 0.0891. The van der Waals surface area contributed by atoms with E-state index < -0.39 is 0 Å². The van der Waals surface area contributed by atoms with Gasteiger partial charge in [-0.2, -0.15) is 0 Å². The molecule has 1 fully saturated rings. The second-order valence-electron chi connectivity index (χ2n) is 5.87. The van der Waals surface area contributed by atoms with E-state index in [-0.39, 0.29) is 5.54 Å². The van der Waals surface area contributed by atoms with Crippen molar-refractivity contribution in [3.05, 3.63) is 24.7 Å². The van der Waals surface area contributed by atoms with Crippen molar-refractivity contribution in [2.24, 2.45) is 0 Å². The molecule has 1 saturated heterocycles. The van der Waals surface area contributed by atoms with Gasteiger partial charge in [-0.25, -0.2) is 19.9 Å². The van der Waals surface area contributed by atoms with Gasteiger partial charge in [-0.1, -0.05) is 0 Å². The summed E-state index contributed by atoms with van der Waals surface area (Å²) in [6, 6.07) is 1.62. The van der Waals surface area contributed by atoms with Gasteiger partial charge >= 0.3 is 0 Å². The zero-order valence-electron chi connectivity index (χ0n) is 12.7. The predicted molar refractivity (Wildman–Crippen MR) is 83.4 cm³/mol. The van der Waals surface area contributed by atoms with E-state index in [1.807, 2.05) is 0 Å². The third-order valence-electron chi connectivity index (χ3n) is 3.90. The number of carbonyl (C=O) groups is 1. The zero-order valence-corrected chi connectivity index (χ0v) is 12.7. The molecular weight excluding hydrogens is 280 g/mol. The van der Waals surface area contributed by atoms with E-state index in [2.05, 4.69) is 44.0 Å². The Labute approximate surface area is 128 Å². The van der Waals surface area contributed by atoms with Crippen LogP contribution in [0.3, 0.4) is 0 Å². The SMILES string of the molecule is CC1(C)CCCN1c1ncc(-c2nccc(NC=O)n2)cn1. The molecule has 1 N–H and O–H groups in total. The van der Waals surface area contributed by atoms with Crippen LogP contribution in [0.2, 0.25) is 0 Å². The average molecular weight is 298 g/mol. The van der Waals surface area contributed by atoms with Crippen LogP contribution < -0.4 is 10.2 Å². The van der Waals surface area contributed by atoms with Crippen molar-refractivity contribution in [2.75, 3.05) is 16.8 Å². The molecule has 0 aromatic carbocycles. The average Bonchev–Trinajstić information content (AvgIpc) is 2.87. The number of aromatic nitrogens is 4. The molecule has 0 atom stereocenters. The van der Waals surface area contributed by atoms with Gasteiger partial charge in [0.05, 0.1) is 5.56 Å². The Bertz CT molecular complexity index is 670. The molecule has 1 aliphatic rings. The van der Waals surface area contributed by atoms with Gasteiger partial charge in [0.1, 0.15) is 5.82 Å². The number of nitrogens with zero attached hydrogens (tertiary/aromatic N) is 5. The lowest BCUT2D eigenvalue weighted by Gasteiger charge is -2.31. The van der Waals surface area contributed by atoms with Crippen LogP contribution in [0.15, 0.2) is 24.7 Å². The highest BCUT2D eigenvalue weighted by molar-refractivity contribution is 5.69. The first kappa shape index (κ1) is 14.4. The standard InChI is InChI=1S/C15H18N6O/c1-15(2)5-3-7-21(15)14-17-8-11(9-18-14)13-16-6-4-12(20-13)19-10-22/h4,6,8-10H,3,5,7H2,1-2H3,(H,16,19,20,22).